The number of halogens is 4. The van der Waals surface area contributed by atoms with Gasteiger partial charge >= 0.3 is 10.1 Å². The average molecular weight is 725 g/mol. The summed E-state index contributed by atoms with van der Waals surface area (Å²) in [4.78, 5) is -2.02. The summed E-state index contributed by atoms with van der Waals surface area (Å²) >= 11 is 0. The van der Waals surface area contributed by atoms with E-state index >= 15 is 17.6 Å². The van der Waals surface area contributed by atoms with Crippen molar-refractivity contribution >= 4 is 10.1 Å². The molecule has 12 bridgehead atoms. The minimum atomic E-state index is -5.59. The molecule has 4 nitrogen and oxygen atoms in total. The molecule has 2 aromatic rings. The molecule has 0 aromatic heterocycles. The summed E-state index contributed by atoms with van der Waals surface area (Å²) in [7, 11) is -5.59. The molecule has 0 radical (unpaired) electrons. The molecular formula is C42H48F4O4S. The molecule has 0 amide bonds. The first kappa shape index (κ1) is 32.3. The molecule has 9 heteroatoms. The maximum Gasteiger partial charge on any atom is 0.300 e. The topological polar surface area (TPSA) is 63.6 Å². The first-order valence-electron chi connectivity index (χ1n) is 20.0. The third-order valence-corrected chi connectivity index (χ3v) is 17.5. The fourth-order valence-electron chi connectivity index (χ4n) is 16.2. The van der Waals surface area contributed by atoms with Crippen molar-refractivity contribution in [1.82, 2.24) is 0 Å². The Balaban J connectivity index is 1.17. The van der Waals surface area contributed by atoms with Gasteiger partial charge in [-0.2, -0.15) is 17.2 Å². The highest BCUT2D eigenvalue weighted by Crippen LogP contribution is 2.68. The maximum absolute atomic E-state index is 16.0. The Bertz CT molecular complexity index is 1770. The molecule has 0 heterocycles. The van der Waals surface area contributed by atoms with Gasteiger partial charge in [-0.25, -0.2) is 8.78 Å². The van der Waals surface area contributed by atoms with Crippen LogP contribution < -0.4 is 4.74 Å². The van der Waals surface area contributed by atoms with Crippen LogP contribution in [0, 0.1) is 76.5 Å². The number of rotatable bonds is 6. The molecule has 0 aliphatic heterocycles. The lowest BCUT2D eigenvalue weighted by Gasteiger charge is -2.60. The zero-order valence-electron chi connectivity index (χ0n) is 29.2. The average Bonchev–Trinajstić information content (AvgIpc) is 3.03. The Labute approximate surface area is 298 Å². The number of hydrogen-bond donors (Lipinski definition) is 1. The lowest BCUT2D eigenvalue weighted by atomic mass is 9.45. The van der Waals surface area contributed by atoms with Gasteiger partial charge in [0.15, 0.2) is 16.5 Å². The van der Waals surface area contributed by atoms with Crippen molar-refractivity contribution in [3.8, 4) is 11.5 Å². The summed E-state index contributed by atoms with van der Waals surface area (Å²) in [5, 5.41) is 0. The third-order valence-electron chi connectivity index (χ3n) is 16.6. The van der Waals surface area contributed by atoms with E-state index in [1.165, 1.54) is 82.6 Å². The monoisotopic (exact) mass is 724 g/mol. The van der Waals surface area contributed by atoms with Crippen molar-refractivity contribution in [3.63, 3.8) is 0 Å². The van der Waals surface area contributed by atoms with Crippen molar-refractivity contribution in [2.45, 2.75) is 137 Å². The molecule has 14 rings (SSSR count). The summed E-state index contributed by atoms with van der Waals surface area (Å²) in [6, 6.07) is 4.71. The highest BCUT2D eigenvalue weighted by Gasteiger charge is 2.58. The Morgan fingerprint density at radius 2 is 0.784 bits per heavy atom. The normalized spacial score (nSPS) is 44.1. The Kier molecular flexibility index (Phi) is 6.68. The van der Waals surface area contributed by atoms with E-state index in [1.807, 2.05) is 0 Å². The molecule has 0 spiro atoms. The fraction of sp³-hybridized carbons (Fsp3) is 0.714. The smallest absolute Gasteiger partial charge is 0.300 e. The molecule has 0 atom stereocenters. The van der Waals surface area contributed by atoms with Crippen molar-refractivity contribution in [2.75, 3.05) is 0 Å². The van der Waals surface area contributed by atoms with E-state index in [0.717, 1.165) is 67.4 Å². The van der Waals surface area contributed by atoms with Gasteiger partial charge in [-0.1, -0.05) is 12.1 Å². The van der Waals surface area contributed by atoms with Gasteiger partial charge in [-0.3, -0.25) is 4.55 Å². The zero-order chi connectivity index (χ0) is 34.8. The van der Waals surface area contributed by atoms with Gasteiger partial charge in [0.05, 0.1) is 0 Å². The van der Waals surface area contributed by atoms with Gasteiger partial charge < -0.3 is 4.74 Å². The van der Waals surface area contributed by atoms with Crippen LogP contribution in [0.3, 0.4) is 0 Å². The molecular weight excluding hydrogens is 677 g/mol. The van der Waals surface area contributed by atoms with Gasteiger partial charge in [-0.15, -0.1) is 0 Å². The van der Waals surface area contributed by atoms with Crippen molar-refractivity contribution < 1.29 is 35.3 Å². The molecule has 12 saturated carbocycles. The van der Waals surface area contributed by atoms with E-state index in [-0.39, 0.29) is 16.2 Å². The van der Waals surface area contributed by atoms with E-state index in [4.69, 9.17) is 4.74 Å². The van der Waals surface area contributed by atoms with Crippen LogP contribution in [0.2, 0.25) is 0 Å². The van der Waals surface area contributed by atoms with Crippen LogP contribution in [-0.4, -0.2) is 13.0 Å². The molecule has 12 aliphatic rings. The van der Waals surface area contributed by atoms with E-state index < -0.39 is 44.0 Å². The van der Waals surface area contributed by atoms with Gasteiger partial charge in [0.1, 0.15) is 5.75 Å². The summed E-state index contributed by atoms with van der Waals surface area (Å²) < 4.78 is 103. The number of hydrogen-bond acceptors (Lipinski definition) is 3. The largest absolute Gasteiger partial charge is 0.450 e. The van der Waals surface area contributed by atoms with E-state index in [9.17, 15) is 13.0 Å². The van der Waals surface area contributed by atoms with Crippen LogP contribution in [0.5, 0.6) is 11.5 Å². The van der Waals surface area contributed by atoms with Crippen LogP contribution in [0.25, 0.3) is 0 Å². The third kappa shape index (κ3) is 4.67. The van der Waals surface area contributed by atoms with Gasteiger partial charge in [0.25, 0.3) is 0 Å². The Hall–Kier alpha value is -2.13. The van der Waals surface area contributed by atoms with Gasteiger partial charge in [-0.05, 0) is 191 Å². The molecule has 0 unspecified atom stereocenters. The minimum Gasteiger partial charge on any atom is -0.450 e. The van der Waals surface area contributed by atoms with Crippen LogP contribution in [0.15, 0.2) is 17.0 Å². The summed E-state index contributed by atoms with van der Waals surface area (Å²) in [5.74, 6) is -3.41. The maximum atomic E-state index is 16.0. The molecule has 2 aromatic carbocycles. The summed E-state index contributed by atoms with van der Waals surface area (Å²) in [6.45, 7) is 0. The second-order valence-electron chi connectivity index (χ2n) is 20.0. The first-order valence-corrected chi connectivity index (χ1v) is 21.4. The summed E-state index contributed by atoms with van der Waals surface area (Å²) in [6.07, 6.45) is 20.6. The molecule has 12 aliphatic carbocycles. The van der Waals surface area contributed by atoms with Crippen LogP contribution in [-0.2, 0) is 26.4 Å². The fourth-order valence-corrected chi connectivity index (χ4v) is 16.8. The molecule has 1 N–H and O–H groups in total. The summed E-state index contributed by atoms with van der Waals surface area (Å²) in [5.41, 5.74) is 2.90. The number of ether oxygens (including phenoxy) is 1. The van der Waals surface area contributed by atoms with Crippen molar-refractivity contribution in [2.24, 2.45) is 53.3 Å². The lowest BCUT2D eigenvalue weighted by molar-refractivity contribution is -0.0129. The standard InChI is InChI=1S/C42H48F4O4S/c43-33-35(45)39(51(47,48)49)36(46)34(44)38(33)50-37-31(41-15-24-4-25(16-41)6-26(5-24)17-41)10-30(40-12-21-1-22(13-40)3-23(2-21)14-40)11-32(37)42-18-27-7-28(19-42)9-29(8-27)20-42/h10-11,21-29H,1-9,12-20H2,(H,47,48,49). The highest BCUT2D eigenvalue weighted by atomic mass is 32.2. The molecule has 51 heavy (non-hydrogen) atoms. The second kappa shape index (κ2) is 10.5. The van der Waals surface area contributed by atoms with Crippen LogP contribution in [0.1, 0.15) is 132 Å². The SMILES string of the molecule is O=S(=O)(O)c1c(F)c(F)c(Oc2c(C34CC5CC(CC(C5)C3)C4)cc(C34CC5CC(CC(C5)C3)C4)cc2C23CC4CC(CC(C4)C2)C3)c(F)c1F. The number of benzene rings is 2. The first-order chi connectivity index (χ1) is 24.3. The van der Waals surface area contributed by atoms with Crippen LogP contribution >= 0.6 is 0 Å². The molecule has 0 saturated heterocycles. The molecule has 12 fully saturated rings. The quantitative estimate of drug-likeness (QED) is 0.183. The zero-order valence-corrected chi connectivity index (χ0v) is 30.0. The predicted octanol–water partition coefficient (Wildman–Crippen LogP) is 10.7. The van der Waals surface area contributed by atoms with Gasteiger partial charge in [0, 0.05) is 11.1 Å². The van der Waals surface area contributed by atoms with E-state index in [1.54, 1.807) is 0 Å². The van der Waals surface area contributed by atoms with Crippen molar-refractivity contribution in [3.05, 3.63) is 52.1 Å². The van der Waals surface area contributed by atoms with Gasteiger partial charge in [0.2, 0.25) is 17.4 Å². The minimum absolute atomic E-state index is 0.0627. The van der Waals surface area contributed by atoms with E-state index in [0.29, 0.717) is 41.3 Å². The Morgan fingerprint density at radius 3 is 1.08 bits per heavy atom. The molecule has 274 valence electrons. The predicted molar refractivity (Wildman–Crippen MR) is 182 cm³/mol. The highest BCUT2D eigenvalue weighted by molar-refractivity contribution is 7.85. The second-order valence-corrected chi connectivity index (χ2v) is 21.3. The van der Waals surface area contributed by atoms with Crippen LogP contribution in [0.4, 0.5) is 17.6 Å². The Morgan fingerprint density at radius 1 is 0.490 bits per heavy atom. The lowest BCUT2D eigenvalue weighted by Crippen LogP contribution is -2.51. The van der Waals surface area contributed by atoms with E-state index in [2.05, 4.69) is 12.1 Å². The van der Waals surface area contributed by atoms with Crippen molar-refractivity contribution in [1.29, 1.82) is 0 Å².